The number of likely N-dealkylation sites (tertiary alicyclic amines) is 1. The summed E-state index contributed by atoms with van der Waals surface area (Å²) in [5.74, 6) is -0.360. The molecule has 0 aliphatic carbocycles. The average molecular weight is 287 g/mol. The Morgan fingerprint density at radius 2 is 1.76 bits per heavy atom. The van der Waals surface area contributed by atoms with Crippen LogP contribution in [0.1, 0.15) is 24.0 Å². The van der Waals surface area contributed by atoms with Gasteiger partial charge >= 0.3 is 0 Å². The molecule has 0 N–H and O–H groups in total. The Bertz CT molecular complexity index is 519. The number of carbonyl (C=O) groups excluding carboxylic acids is 1. The number of aryl methyl sites for hydroxylation is 1. The maximum absolute atomic E-state index is 12.2. The van der Waals surface area contributed by atoms with Gasteiger partial charge in [-0.3, -0.25) is 4.79 Å². The summed E-state index contributed by atoms with van der Waals surface area (Å²) in [6.45, 7) is 4.77. The number of rotatable bonds is 2. The Labute approximate surface area is 125 Å². The van der Waals surface area contributed by atoms with Crippen molar-refractivity contribution in [1.82, 2.24) is 4.90 Å². The standard InChI is InChI=1S/C17H21NO3/c1-14-2-4-15(5-3-14)6-7-16(19)18-10-8-17(9-11-18)20-12-13-21-17/h2-7H,8-13H2,1H3. The summed E-state index contributed by atoms with van der Waals surface area (Å²) in [4.78, 5) is 14.1. The zero-order chi connectivity index (χ0) is 14.7. The van der Waals surface area contributed by atoms with Crippen molar-refractivity contribution in [3.05, 3.63) is 41.5 Å². The number of nitrogens with zero attached hydrogens (tertiary/aromatic N) is 1. The summed E-state index contributed by atoms with van der Waals surface area (Å²) in [6.07, 6.45) is 5.04. The molecule has 2 heterocycles. The molecule has 0 aromatic heterocycles. The summed E-state index contributed by atoms with van der Waals surface area (Å²) >= 11 is 0. The summed E-state index contributed by atoms with van der Waals surface area (Å²) in [5.41, 5.74) is 2.27. The fourth-order valence-corrected chi connectivity index (χ4v) is 2.80. The van der Waals surface area contributed by atoms with E-state index in [1.807, 2.05) is 35.2 Å². The third kappa shape index (κ3) is 3.34. The van der Waals surface area contributed by atoms with Gasteiger partial charge in [-0.05, 0) is 18.6 Å². The molecule has 21 heavy (non-hydrogen) atoms. The maximum atomic E-state index is 12.2. The molecule has 2 fully saturated rings. The van der Waals surface area contributed by atoms with Crippen LogP contribution in [-0.2, 0) is 14.3 Å². The zero-order valence-electron chi connectivity index (χ0n) is 12.4. The highest BCUT2D eigenvalue weighted by molar-refractivity contribution is 5.91. The number of ether oxygens (including phenoxy) is 2. The van der Waals surface area contributed by atoms with Crippen LogP contribution in [0.25, 0.3) is 6.08 Å². The molecule has 4 heteroatoms. The molecule has 1 amide bonds. The first kappa shape index (κ1) is 14.3. The smallest absolute Gasteiger partial charge is 0.246 e. The third-order valence-electron chi connectivity index (χ3n) is 4.15. The largest absolute Gasteiger partial charge is 0.347 e. The second-order valence-electron chi connectivity index (χ2n) is 5.68. The lowest BCUT2D eigenvalue weighted by molar-refractivity contribution is -0.186. The van der Waals surface area contributed by atoms with Crippen LogP contribution in [0.15, 0.2) is 30.3 Å². The zero-order valence-corrected chi connectivity index (χ0v) is 12.4. The first-order valence-corrected chi connectivity index (χ1v) is 7.48. The summed E-state index contributed by atoms with van der Waals surface area (Å²) in [5, 5.41) is 0. The van der Waals surface area contributed by atoms with E-state index >= 15 is 0 Å². The summed E-state index contributed by atoms with van der Waals surface area (Å²) in [6, 6.07) is 8.13. The highest BCUT2D eigenvalue weighted by Crippen LogP contribution is 2.31. The van der Waals surface area contributed by atoms with E-state index in [9.17, 15) is 4.79 Å². The number of amides is 1. The van der Waals surface area contributed by atoms with Gasteiger partial charge in [0.15, 0.2) is 5.79 Å². The topological polar surface area (TPSA) is 38.8 Å². The van der Waals surface area contributed by atoms with E-state index in [0.29, 0.717) is 26.3 Å². The van der Waals surface area contributed by atoms with Gasteiger partial charge in [0.2, 0.25) is 5.91 Å². The monoisotopic (exact) mass is 287 g/mol. The molecular weight excluding hydrogens is 266 g/mol. The van der Waals surface area contributed by atoms with Crippen molar-refractivity contribution in [1.29, 1.82) is 0 Å². The molecule has 112 valence electrons. The second kappa shape index (κ2) is 6.00. The van der Waals surface area contributed by atoms with Gasteiger partial charge in [-0.1, -0.05) is 29.8 Å². The van der Waals surface area contributed by atoms with Crippen LogP contribution >= 0.6 is 0 Å². The molecule has 3 rings (SSSR count). The minimum atomic E-state index is -0.419. The molecule has 0 saturated carbocycles. The lowest BCUT2D eigenvalue weighted by Crippen LogP contribution is -2.46. The Hall–Kier alpha value is -1.65. The first-order valence-electron chi connectivity index (χ1n) is 7.48. The van der Waals surface area contributed by atoms with Crippen LogP contribution in [0.3, 0.4) is 0 Å². The fourth-order valence-electron chi connectivity index (χ4n) is 2.80. The van der Waals surface area contributed by atoms with Crippen molar-refractivity contribution >= 4 is 12.0 Å². The van der Waals surface area contributed by atoms with Gasteiger partial charge in [-0.2, -0.15) is 0 Å². The SMILES string of the molecule is Cc1ccc(C=CC(=O)N2CCC3(CC2)OCCO3)cc1. The number of carbonyl (C=O) groups is 1. The predicted molar refractivity (Wildman–Crippen MR) is 80.7 cm³/mol. The Balaban J connectivity index is 1.55. The van der Waals surface area contributed by atoms with Crippen LogP contribution in [0.5, 0.6) is 0 Å². The van der Waals surface area contributed by atoms with Crippen molar-refractivity contribution < 1.29 is 14.3 Å². The van der Waals surface area contributed by atoms with Crippen LogP contribution in [-0.4, -0.2) is 42.9 Å². The van der Waals surface area contributed by atoms with Gasteiger partial charge in [0, 0.05) is 32.0 Å². The maximum Gasteiger partial charge on any atom is 0.246 e. The molecule has 0 radical (unpaired) electrons. The van der Waals surface area contributed by atoms with Gasteiger partial charge in [-0.25, -0.2) is 0 Å². The van der Waals surface area contributed by atoms with Crippen molar-refractivity contribution in [2.45, 2.75) is 25.6 Å². The average Bonchev–Trinajstić information content (AvgIpc) is 2.95. The number of hydrogen-bond donors (Lipinski definition) is 0. The molecule has 2 aliphatic rings. The van der Waals surface area contributed by atoms with Gasteiger partial charge in [0.05, 0.1) is 13.2 Å². The number of hydrogen-bond acceptors (Lipinski definition) is 3. The molecule has 0 bridgehead atoms. The quantitative estimate of drug-likeness (QED) is 0.784. The molecule has 2 aliphatic heterocycles. The van der Waals surface area contributed by atoms with Crippen molar-refractivity contribution in [3.8, 4) is 0 Å². The molecule has 1 spiro atoms. The Kier molecular flexibility index (Phi) is 4.08. The van der Waals surface area contributed by atoms with Crippen LogP contribution in [0.2, 0.25) is 0 Å². The van der Waals surface area contributed by atoms with E-state index in [4.69, 9.17) is 9.47 Å². The summed E-state index contributed by atoms with van der Waals surface area (Å²) < 4.78 is 11.3. The van der Waals surface area contributed by atoms with E-state index < -0.39 is 5.79 Å². The molecule has 2 saturated heterocycles. The van der Waals surface area contributed by atoms with Crippen molar-refractivity contribution in [2.75, 3.05) is 26.3 Å². The minimum absolute atomic E-state index is 0.0587. The highest BCUT2D eigenvalue weighted by Gasteiger charge is 2.40. The van der Waals surface area contributed by atoms with E-state index in [2.05, 4.69) is 6.92 Å². The highest BCUT2D eigenvalue weighted by atomic mass is 16.7. The lowest BCUT2D eigenvalue weighted by Gasteiger charge is -2.37. The lowest BCUT2D eigenvalue weighted by atomic mass is 10.0. The van der Waals surface area contributed by atoms with Crippen molar-refractivity contribution in [3.63, 3.8) is 0 Å². The van der Waals surface area contributed by atoms with Crippen LogP contribution < -0.4 is 0 Å². The van der Waals surface area contributed by atoms with E-state index in [1.165, 1.54) is 5.56 Å². The van der Waals surface area contributed by atoms with Crippen LogP contribution in [0.4, 0.5) is 0 Å². The van der Waals surface area contributed by atoms with Gasteiger partial charge in [0.25, 0.3) is 0 Å². The molecule has 1 aromatic carbocycles. The van der Waals surface area contributed by atoms with E-state index in [0.717, 1.165) is 18.4 Å². The fraction of sp³-hybridized carbons (Fsp3) is 0.471. The van der Waals surface area contributed by atoms with Gasteiger partial charge in [0.1, 0.15) is 0 Å². The number of benzene rings is 1. The molecule has 1 aromatic rings. The second-order valence-corrected chi connectivity index (χ2v) is 5.68. The normalized spacial score (nSPS) is 21.3. The van der Waals surface area contributed by atoms with Crippen LogP contribution in [0, 0.1) is 6.92 Å². The van der Waals surface area contributed by atoms with Gasteiger partial charge < -0.3 is 14.4 Å². The minimum Gasteiger partial charge on any atom is -0.347 e. The van der Waals surface area contributed by atoms with Crippen molar-refractivity contribution in [2.24, 2.45) is 0 Å². The Morgan fingerprint density at radius 3 is 2.38 bits per heavy atom. The molecule has 0 unspecified atom stereocenters. The van der Waals surface area contributed by atoms with E-state index in [1.54, 1.807) is 6.08 Å². The van der Waals surface area contributed by atoms with Gasteiger partial charge in [-0.15, -0.1) is 0 Å². The molecule has 4 nitrogen and oxygen atoms in total. The summed E-state index contributed by atoms with van der Waals surface area (Å²) in [7, 11) is 0. The first-order chi connectivity index (χ1) is 10.2. The number of piperidine rings is 1. The van der Waals surface area contributed by atoms with E-state index in [-0.39, 0.29) is 5.91 Å². The molecular formula is C17H21NO3. The predicted octanol–water partition coefficient (Wildman–Crippen LogP) is 2.37. The Morgan fingerprint density at radius 1 is 1.14 bits per heavy atom. The third-order valence-corrected chi connectivity index (χ3v) is 4.15. The molecule has 0 atom stereocenters.